The number of ether oxygens (including phenoxy) is 2. The number of halogens is 1. The summed E-state index contributed by atoms with van der Waals surface area (Å²) in [7, 11) is -3.79. The highest BCUT2D eigenvalue weighted by Crippen LogP contribution is 2.46. The topological polar surface area (TPSA) is 112 Å². The Labute approximate surface area is 183 Å². The maximum atomic E-state index is 13.1. The van der Waals surface area contributed by atoms with Gasteiger partial charge in [0.1, 0.15) is 17.9 Å². The molecule has 3 aliphatic rings. The Hall–Kier alpha value is -2.36. The average Bonchev–Trinajstić information content (AvgIpc) is 3.40. The monoisotopic (exact) mass is 465 g/mol. The van der Waals surface area contributed by atoms with Crippen molar-refractivity contribution in [3.63, 3.8) is 0 Å². The van der Waals surface area contributed by atoms with Gasteiger partial charge >= 0.3 is 5.97 Å². The number of aromatic nitrogens is 1. The van der Waals surface area contributed by atoms with E-state index in [1.165, 1.54) is 22.8 Å². The van der Waals surface area contributed by atoms with Gasteiger partial charge in [-0.25, -0.2) is 13.2 Å². The maximum Gasteiger partial charge on any atom is 0.341 e. The third kappa shape index (κ3) is 3.54. The van der Waals surface area contributed by atoms with Crippen molar-refractivity contribution in [3.05, 3.63) is 44.7 Å². The standard InChI is InChI=1S/C21H20ClNO7S/c22-16-7-14-18(8-17(16)30-9-13-2-1-5-29-13)31(27,28)10-11-6-15(21(25)26)20(24)23(19(11)14)12-3-4-12/h6-8,12-13H,1-5,9-10H2,(H,25,26)/t13-/m1/s1. The number of sulfone groups is 1. The summed E-state index contributed by atoms with van der Waals surface area (Å²) in [6.07, 6.45) is 3.22. The number of hydrogen-bond donors (Lipinski definition) is 1. The zero-order valence-corrected chi connectivity index (χ0v) is 18.0. The molecule has 31 heavy (non-hydrogen) atoms. The Bertz CT molecular complexity index is 1260. The third-order valence-electron chi connectivity index (χ3n) is 5.87. The zero-order chi connectivity index (χ0) is 21.9. The van der Waals surface area contributed by atoms with E-state index >= 15 is 0 Å². The molecule has 2 fully saturated rings. The van der Waals surface area contributed by atoms with E-state index in [1.807, 2.05) is 0 Å². The fourth-order valence-corrected chi connectivity index (χ4v) is 6.05. The Morgan fingerprint density at radius 2 is 2.03 bits per heavy atom. The summed E-state index contributed by atoms with van der Waals surface area (Å²) in [6.45, 7) is 0.942. The minimum atomic E-state index is -3.79. The van der Waals surface area contributed by atoms with Gasteiger partial charge in [-0.05, 0) is 43.4 Å². The van der Waals surface area contributed by atoms with Crippen LogP contribution in [0, 0.1) is 0 Å². The highest BCUT2D eigenvalue weighted by molar-refractivity contribution is 7.90. The number of carbonyl (C=O) groups is 1. The number of aromatic carboxylic acids is 1. The summed E-state index contributed by atoms with van der Waals surface area (Å²) < 4.78 is 38.9. The number of carboxylic acid groups (broad SMARTS) is 1. The van der Waals surface area contributed by atoms with Gasteiger partial charge in [0.15, 0.2) is 9.84 Å². The lowest BCUT2D eigenvalue weighted by Crippen LogP contribution is -2.30. The smallest absolute Gasteiger partial charge is 0.341 e. The molecule has 0 amide bonds. The molecule has 2 aromatic rings. The molecule has 0 radical (unpaired) electrons. The van der Waals surface area contributed by atoms with E-state index in [4.69, 9.17) is 21.1 Å². The highest BCUT2D eigenvalue weighted by Gasteiger charge is 2.37. The lowest BCUT2D eigenvalue weighted by atomic mass is 10.0. The van der Waals surface area contributed by atoms with Gasteiger partial charge in [0.2, 0.25) is 0 Å². The van der Waals surface area contributed by atoms with Crippen LogP contribution in [0.4, 0.5) is 0 Å². The predicted octanol–water partition coefficient (Wildman–Crippen LogP) is 3.05. The summed E-state index contributed by atoms with van der Waals surface area (Å²) in [5.41, 5.74) is -0.0345. The molecule has 0 unspecified atom stereocenters. The van der Waals surface area contributed by atoms with Gasteiger partial charge in [0.05, 0.1) is 27.5 Å². The van der Waals surface area contributed by atoms with Crippen molar-refractivity contribution in [2.24, 2.45) is 0 Å². The molecule has 1 aliphatic carbocycles. The molecule has 1 N–H and O–H groups in total. The Morgan fingerprint density at radius 1 is 1.26 bits per heavy atom. The van der Waals surface area contributed by atoms with Crippen LogP contribution in [-0.2, 0) is 20.3 Å². The molecule has 2 aliphatic heterocycles. The van der Waals surface area contributed by atoms with Crippen molar-refractivity contribution in [2.75, 3.05) is 13.2 Å². The lowest BCUT2D eigenvalue weighted by Gasteiger charge is -2.25. The van der Waals surface area contributed by atoms with Crippen molar-refractivity contribution in [2.45, 2.75) is 48.5 Å². The normalized spacial score (nSPS) is 21.4. The Morgan fingerprint density at radius 3 is 2.68 bits per heavy atom. The van der Waals surface area contributed by atoms with Gasteiger partial charge < -0.3 is 19.1 Å². The van der Waals surface area contributed by atoms with Crippen molar-refractivity contribution in [1.82, 2.24) is 4.57 Å². The molecule has 0 spiro atoms. The number of nitrogens with zero attached hydrogens (tertiary/aromatic N) is 1. The fraction of sp³-hybridized carbons (Fsp3) is 0.429. The number of carboxylic acids is 1. The SMILES string of the molecule is O=C(O)c1cc2c(n(C3CC3)c1=O)-c1cc(Cl)c(OC[C@H]3CCCO3)cc1S(=O)(=O)C2. The first-order valence-corrected chi connectivity index (χ1v) is 12.1. The summed E-state index contributed by atoms with van der Waals surface area (Å²) in [5.74, 6) is -1.53. The van der Waals surface area contributed by atoms with Crippen LogP contribution in [0.5, 0.6) is 5.75 Å². The molecule has 3 heterocycles. The molecular formula is C21H20ClNO7S. The summed E-state index contributed by atoms with van der Waals surface area (Å²) in [5, 5.41) is 9.66. The molecular weight excluding hydrogens is 446 g/mol. The van der Waals surface area contributed by atoms with E-state index in [2.05, 4.69) is 0 Å². The molecule has 164 valence electrons. The maximum absolute atomic E-state index is 13.1. The average molecular weight is 466 g/mol. The Kier molecular flexibility index (Phi) is 4.87. The van der Waals surface area contributed by atoms with Crippen LogP contribution in [0.3, 0.4) is 0 Å². The van der Waals surface area contributed by atoms with Crippen molar-refractivity contribution in [1.29, 1.82) is 0 Å². The molecule has 10 heteroatoms. The Balaban J connectivity index is 1.66. The third-order valence-corrected chi connectivity index (χ3v) is 7.87. The van der Waals surface area contributed by atoms with E-state index in [0.29, 0.717) is 23.4 Å². The van der Waals surface area contributed by atoms with Crippen LogP contribution in [0.25, 0.3) is 11.3 Å². The molecule has 1 aromatic heterocycles. The second-order valence-corrected chi connectivity index (χ2v) is 10.5. The van der Waals surface area contributed by atoms with E-state index < -0.39 is 32.7 Å². The first-order valence-electron chi connectivity index (χ1n) is 10.1. The fourth-order valence-electron chi connectivity index (χ4n) is 4.27. The van der Waals surface area contributed by atoms with Crippen molar-refractivity contribution < 1.29 is 27.8 Å². The van der Waals surface area contributed by atoms with Gasteiger partial charge in [-0.1, -0.05) is 11.6 Å². The van der Waals surface area contributed by atoms with Gasteiger partial charge in [-0.2, -0.15) is 0 Å². The van der Waals surface area contributed by atoms with E-state index in [-0.39, 0.29) is 34.4 Å². The highest BCUT2D eigenvalue weighted by atomic mass is 35.5. The summed E-state index contributed by atoms with van der Waals surface area (Å²) in [4.78, 5) is 24.5. The van der Waals surface area contributed by atoms with Crippen LogP contribution in [-0.4, -0.2) is 43.4 Å². The minimum Gasteiger partial charge on any atom is -0.489 e. The van der Waals surface area contributed by atoms with Gasteiger partial charge in [0, 0.05) is 24.3 Å². The van der Waals surface area contributed by atoms with Crippen molar-refractivity contribution in [3.8, 4) is 17.0 Å². The van der Waals surface area contributed by atoms with Crippen molar-refractivity contribution >= 4 is 27.4 Å². The second kappa shape index (κ2) is 7.36. The number of benzene rings is 1. The quantitative estimate of drug-likeness (QED) is 0.722. The van der Waals surface area contributed by atoms with Gasteiger partial charge in [-0.3, -0.25) is 4.79 Å². The molecule has 1 saturated heterocycles. The van der Waals surface area contributed by atoms with E-state index in [1.54, 1.807) is 0 Å². The number of hydrogen-bond acceptors (Lipinski definition) is 6. The first-order chi connectivity index (χ1) is 14.8. The number of fused-ring (bicyclic) bond motifs is 3. The molecule has 1 atom stereocenters. The molecule has 8 nitrogen and oxygen atoms in total. The summed E-state index contributed by atoms with van der Waals surface area (Å²) >= 11 is 6.43. The van der Waals surface area contributed by atoms with E-state index in [9.17, 15) is 23.1 Å². The number of pyridine rings is 1. The van der Waals surface area contributed by atoms with Crippen LogP contribution in [0.2, 0.25) is 5.02 Å². The van der Waals surface area contributed by atoms with E-state index in [0.717, 1.165) is 25.7 Å². The molecule has 1 saturated carbocycles. The molecule has 5 rings (SSSR count). The molecule has 1 aromatic carbocycles. The van der Waals surface area contributed by atoms with Gasteiger partial charge in [0.25, 0.3) is 5.56 Å². The lowest BCUT2D eigenvalue weighted by molar-refractivity contribution is 0.0679. The number of rotatable bonds is 5. The van der Waals surface area contributed by atoms with Gasteiger partial charge in [-0.15, -0.1) is 0 Å². The van der Waals surface area contributed by atoms with Crippen LogP contribution >= 0.6 is 11.6 Å². The first kappa shape index (κ1) is 20.5. The van der Waals surface area contributed by atoms with Crippen LogP contribution in [0.1, 0.15) is 47.6 Å². The zero-order valence-electron chi connectivity index (χ0n) is 16.5. The minimum absolute atomic E-state index is 0.0311. The van der Waals surface area contributed by atoms with Crippen LogP contribution in [0.15, 0.2) is 27.9 Å². The molecule has 0 bridgehead atoms. The second-order valence-electron chi connectivity index (χ2n) is 8.13. The predicted molar refractivity (Wildman–Crippen MR) is 112 cm³/mol. The largest absolute Gasteiger partial charge is 0.489 e. The summed E-state index contributed by atoms with van der Waals surface area (Å²) in [6, 6.07) is 3.92. The van der Waals surface area contributed by atoms with Crippen LogP contribution < -0.4 is 10.3 Å².